The van der Waals surface area contributed by atoms with Crippen molar-refractivity contribution >= 4 is 35.0 Å². The molecule has 1 saturated carbocycles. The van der Waals surface area contributed by atoms with E-state index in [1.165, 1.54) is 16.2 Å². The number of carboxylic acid groups (broad SMARTS) is 1. The van der Waals surface area contributed by atoms with E-state index in [2.05, 4.69) is 20.5 Å². The van der Waals surface area contributed by atoms with Gasteiger partial charge in [0.1, 0.15) is 5.97 Å². The number of nitrogens with one attached hydrogen (secondary N) is 2. The molecule has 1 aliphatic heterocycles. The molecular formula is C19H26LiN5O5S. The Morgan fingerprint density at radius 2 is 1.87 bits per heavy atom. The van der Waals surface area contributed by atoms with Crippen LogP contribution in [0.5, 0.6) is 0 Å². The monoisotopic (exact) mass is 443 g/mol. The second-order valence-corrected chi connectivity index (χ2v) is 9.15. The van der Waals surface area contributed by atoms with E-state index in [0.717, 1.165) is 30.1 Å². The summed E-state index contributed by atoms with van der Waals surface area (Å²) in [6.07, 6.45) is 1.93. The summed E-state index contributed by atoms with van der Waals surface area (Å²) in [7, 11) is 5.34. The van der Waals surface area contributed by atoms with Crippen LogP contribution in [0.4, 0.5) is 0 Å². The third-order valence-corrected chi connectivity index (χ3v) is 6.66. The molecule has 1 aliphatic carbocycles. The van der Waals surface area contributed by atoms with Crippen molar-refractivity contribution in [3.63, 3.8) is 0 Å². The Kier molecular flexibility index (Phi) is 8.65. The number of likely N-dealkylation sites (N-methyl/N-ethyl adjacent to an activating group) is 1. The van der Waals surface area contributed by atoms with Crippen molar-refractivity contribution in [1.82, 2.24) is 25.4 Å². The smallest absolute Gasteiger partial charge is 0.540 e. The summed E-state index contributed by atoms with van der Waals surface area (Å²) in [6, 6.07) is -1.20. The van der Waals surface area contributed by atoms with Gasteiger partial charge in [0.05, 0.1) is 11.7 Å². The summed E-state index contributed by atoms with van der Waals surface area (Å²) in [5, 5.41) is 16.4. The van der Waals surface area contributed by atoms with Gasteiger partial charge in [-0.05, 0) is 26.3 Å². The number of carboxylic acids is 1. The number of hydrogen-bond donors (Lipinski definition) is 2. The first-order valence-corrected chi connectivity index (χ1v) is 10.7. The minimum Gasteiger partial charge on any atom is -0.540 e. The Balaban J connectivity index is 0.00000341. The Morgan fingerprint density at radius 3 is 2.52 bits per heavy atom. The largest absolute Gasteiger partial charge is 1.00 e. The molecule has 1 fully saturated rings. The Morgan fingerprint density at radius 1 is 1.16 bits per heavy atom. The van der Waals surface area contributed by atoms with Gasteiger partial charge in [-0.1, -0.05) is 0 Å². The van der Waals surface area contributed by atoms with Crippen LogP contribution in [0.2, 0.25) is 0 Å². The van der Waals surface area contributed by atoms with E-state index in [0.29, 0.717) is 24.3 Å². The minimum atomic E-state index is -1.83. The fourth-order valence-corrected chi connectivity index (χ4v) is 5.06. The van der Waals surface area contributed by atoms with E-state index in [4.69, 9.17) is 0 Å². The predicted octanol–water partition coefficient (Wildman–Crippen LogP) is -4.64. The van der Waals surface area contributed by atoms with Crippen LogP contribution in [-0.2, 0) is 27.3 Å². The van der Waals surface area contributed by atoms with Gasteiger partial charge in [-0.25, -0.2) is 4.98 Å². The second kappa shape index (κ2) is 10.6. The van der Waals surface area contributed by atoms with Crippen molar-refractivity contribution < 1.29 is 43.1 Å². The van der Waals surface area contributed by atoms with Gasteiger partial charge in [0.2, 0.25) is 5.91 Å². The number of aliphatic carboxylic acids is 1. The quantitative estimate of drug-likeness (QED) is 0.353. The number of amides is 3. The number of nitrogens with zero attached hydrogens (tertiary/aromatic N) is 3. The van der Waals surface area contributed by atoms with Crippen LogP contribution in [-0.4, -0.2) is 78.2 Å². The van der Waals surface area contributed by atoms with Gasteiger partial charge in [0.15, 0.2) is 5.01 Å². The second-order valence-electron chi connectivity index (χ2n) is 8.07. The molecule has 12 heteroatoms. The summed E-state index contributed by atoms with van der Waals surface area (Å²) in [4.78, 5) is 56.9. The summed E-state index contributed by atoms with van der Waals surface area (Å²) in [5.41, 5.74) is 0.925. The molecule has 1 aromatic rings. The Bertz CT molecular complexity index is 861. The van der Waals surface area contributed by atoms with E-state index in [-0.39, 0.29) is 36.6 Å². The van der Waals surface area contributed by atoms with Gasteiger partial charge in [-0.15, -0.1) is 11.3 Å². The van der Waals surface area contributed by atoms with Crippen molar-refractivity contribution in [3.05, 3.63) is 15.6 Å². The SMILES string of the molecule is CN1CCc2nc(C(=O)N[C@@H]3C[C@@H](C(=O)N(C)C)CC[C@@H]3NC(=O)C(=O)[O-])sc2C1.[Li+]. The summed E-state index contributed by atoms with van der Waals surface area (Å²) in [5.74, 6) is -3.83. The van der Waals surface area contributed by atoms with Gasteiger partial charge in [-0.2, -0.15) is 0 Å². The van der Waals surface area contributed by atoms with Crippen molar-refractivity contribution in [2.75, 3.05) is 27.7 Å². The van der Waals surface area contributed by atoms with Gasteiger partial charge >= 0.3 is 18.9 Å². The van der Waals surface area contributed by atoms with Gasteiger partial charge < -0.3 is 30.3 Å². The van der Waals surface area contributed by atoms with Crippen LogP contribution in [0.1, 0.15) is 39.6 Å². The Hall–Kier alpha value is -1.93. The molecule has 0 aromatic carbocycles. The van der Waals surface area contributed by atoms with E-state index in [1.807, 2.05) is 7.05 Å². The molecule has 31 heavy (non-hydrogen) atoms. The molecule has 10 nitrogen and oxygen atoms in total. The molecule has 2 aliphatic rings. The molecule has 3 atom stereocenters. The Labute approximate surface area is 196 Å². The molecule has 0 saturated heterocycles. The van der Waals surface area contributed by atoms with E-state index in [1.54, 1.807) is 14.1 Å². The number of rotatable bonds is 4. The van der Waals surface area contributed by atoms with E-state index < -0.39 is 24.0 Å². The van der Waals surface area contributed by atoms with Crippen LogP contribution < -0.4 is 34.6 Å². The normalized spacial score (nSPS) is 23.1. The zero-order valence-electron chi connectivity index (χ0n) is 18.3. The molecule has 3 rings (SSSR count). The van der Waals surface area contributed by atoms with Crippen LogP contribution >= 0.6 is 11.3 Å². The first-order valence-electron chi connectivity index (χ1n) is 9.86. The molecule has 0 unspecified atom stereocenters. The topological polar surface area (TPSA) is 135 Å². The van der Waals surface area contributed by atoms with Gasteiger partial charge in [0.25, 0.3) is 11.8 Å². The summed E-state index contributed by atoms with van der Waals surface area (Å²) in [6.45, 7) is 1.62. The molecule has 1 aromatic heterocycles. The van der Waals surface area contributed by atoms with Crippen molar-refractivity contribution in [2.45, 2.75) is 44.3 Å². The van der Waals surface area contributed by atoms with E-state index in [9.17, 15) is 24.3 Å². The van der Waals surface area contributed by atoms with Crippen molar-refractivity contribution in [2.24, 2.45) is 5.92 Å². The average Bonchev–Trinajstić information content (AvgIpc) is 3.11. The number of aromatic nitrogens is 1. The predicted molar refractivity (Wildman–Crippen MR) is 106 cm³/mol. The zero-order chi connectivity index (χ0) is 22.0. The van der Waals surface area contributed by atoms with Crippen LogP contribution in [0.25, 0.3) is 0 Å². The van der Waals surface area contributed by atoms with Crippen molar-refractivity contribution in [3.8, 4) is 0 Å². The maximum absolute atomic E-state index is 12.9. The number of fused-ring (bicyclic) bond motifs is 1. The maximum Gasteiger partial charge on any atom is 1.00 e. The number of carbonyl (C=O) groups is 4. The zero-order valence-corrected chi connectivity index (χ0v) is 19.1. The maximum atomic E-state index is 12.9. The summed E-state index contributed by atoms with van der Waals surface area (Å²) >= 11 is 1.34. The molecule has 2 heterocycles. The van der Waals surface area contributed by atoms with Crippen LogP contribution in [0, 0.1) is 5.92 Å². The first-order chi connectivity index (χ1) is 14.2. The number of carbonyl (C=O) groups excluding carboxylic acids is 4. The minimum absolute atomic E-state index is 0. The third kappa shape index (κ3) is 6.07. The molecule has 0 bridgehead atoms. The fourth-order valence-electron chi connectivity index (χ4n) is 3.97. The average molecular weight is 443 g/mol. The molecule has 2 N–H and O–H groups in total. The molecular weight excluding hydrogens is 417 g/mol. The number of thiazole rings is 1. The van der Waals surface area contributed by atoms with E-state index >= 15 is 0 Å². The van der Waals surface area contributed by atoms with Crippen molar-refractivity contribution in [1.29, 1.82) is 0 Å². The van der Waals surface area contributed by atoms with Gasteiger partial charge in [0, 0.05) is 50.4 Å². The molecule has 0 radical (unpaired) electrons. The standard InChI is InChI=1S/C19H27N5O5S.Li/c1-23(2)18(27)10-4-5-11(20-16(26)19(28)29)13(8-10)21-15(25)17-22-12-6-7-24(3)9-14(12)30-17;/h10-11,13H,4-9H2,1-3H3,(H,20,26)(H,21,25)(H,28,29);/q;+1/p-1/t10-,11-,13+;/m0./s1. The third-order valence-electron chi connectivity index (χ3n) is 5.58. The first kappa shape index (κ1) is 25.3. The molecule has 164 valence electrons. The summed E-state index contributed by atoms with van der Waals surface area (Å²) < 4.78 is 0. The molecule has 3 amide bonds. The number of hydrogen-bond acceptors (Lipinski definition) is 8. The van der Waals surface area contributed by atoms with Crippen LogP contribution in [0.3, 0.4) is 0 Å². The van der Waals surface area contributed by atoms with Crippen LogP contribution in [0.15, 0.2) is 0 Å². The fraction of sp³-hybridized carbons (Fsp3) is 0.632. The van der Waals surface area contributed by atoms with Gasteiger partial charge in [-0.3, -0.25) is 14.4 Å². The molecule has 0 spiro atoms.